The lowest BCUT2D eigenvalue weighted by Gasteiger charge is -2.04. The van der Waals surface area contributed by atoms with Gasteiger partial charge in [-0.1, -0.05) is 0 Å². The molecule has 1 aromatic rings. The minimum Gasteiger partial charge on any atom is -0.465 e. The zero-order chi connectivity index (χ0) is 14.3. The topological polar surface area (TPSA) is 108 Å². The Morgan fingerprint density at radius 1 is 1.37 bits per heavy atom. The molecule has 0 aliphatic carbocycles. The number of amides is 2. The number of nitriles is 1. The standard InChI is InChI=1S/C11H11N3O4S/c1-2-18-9(15)6-13-10(16)11(17)14-8-4-3-7(5-12)19-8/h3-4H,2,6H2,1H3,(H,13,16)(H,14,17). The first-order valence-corrected chi connectivity index (χ1v) is 6.13. The molecular weight excluding hydrogens is 270 g/mol. The van der Waals surface area contributed by atoms with Gasteiger partial charge in [-0.25, -0.2) is 0 Å². The average molecular weight is 281 g/mol. The summed E-state index contributed by atoms with van der Waals surface area (Å²) in [5.74, 6) is -2.47. The smallest absolute Gasteiger partial charge is 0.325 e. The fourth-order valence-electron chi connectivity index (χ4n) is 1.08. The molecule has 7 nitrogen and oxygen atoms in total. The highest BCUT2D eigenvalue weighted by atomic mass is 32.1. The monoisotopic (exact) mass is 281 g/mol. The molecule has 100 valence electrons. The lowest BCUT2D eigenvalue weighted by molar-refractivity contribution is -0.144. The number of anilines is 1. The Morgan fingerprint density at radius 3 is 2.68 bits per heavy atom. The van der Waals surface area contributed by atoms with E-state index in [1.165, 1.54) is 12.1 Å². The molecule has 0 bridgehead atoms. The van der Waals surface area contributed by atoms with Gasteiger partial charge in [-0.15, -0.1) is 11.3 Å². The van der Waals surface area contributed by atoms with E-state index < -0.39 is 17.8 Å². The van der Waals surface area contributed by atoms with E-state index in [1.54, 1.807) is 6.92 Å². The maximum atomic E-state index is 11.4. The van der Waals surface area contributed by atoms with E-state index in [-0.39, 0.29) is 13.2 Å². The van der Waals surface area contributed by atoms with Crippen LogP contribution in [0.5, 0.6) is 0 Å². The predicted molar refractivity (Wildman–Crippen MR) is 67.3 cm³/mol. The van der Waals surface area contributed by atoms with Crippen LogP contribution in [-0.4, -0.2) is 30.9 Å². The molecule has 1 rings (SSSR count). The summed E-state index contributed by atoms with van der Waals surface area (Å²) in [5.41, 5.74) is 0. The molecule has 0 fully saturated rings. The van der Waals surface area contributed by atoms with Crippen molar-refractivity contribution in [2.75, 3.05) is 18.5 Å². The van der Waals surface area contributed by atoms with Gasteiger partial charge in [0.1, 0.15) is 17.5 Å². The summed E-state index contributed by atoms with van der Waals surface area (Å²) in [6.45, 7) is 1.47. The van der Waals surface area contributed by atoms with Crippen molar-refractivity contribution in [2.24, 2.45) is 0 Å². The van der Waals surface area contributed by atoms with Gasteiger partial charge in [-0.05, 0) is 19.1 Å². The van der Waals surface area contributed by atoms with Crippen molar-refractivity contribution >= 4 is 34.1 Å². The van der Waals surface area contributed by atoms with Gasteiger partial charge >= 0.3 is 17.8 Å². The van der Waals surface area contributed by atoms with E-state index in [2.05, 4.69) is 15.4 Å². The molecule has 2 amide bonds. The molecular formula is C11H11N3O4S. The van der Waals surface area contributed by atoms with Crippen LogP contribution >= 0.6 is 11.3 Å². The van der Waals surface area contributed by atoms with Crippen molar-refractivity contribution < 1.29 is 19.1 Å². The van der Waals surface area contributed by atoms with Gasteiger partial charge in [0, 0.05) is 0 Å². The minimum atomic E-state index is -0.944. The number of esters is 1. The Balaban J connectivity index is 2.43. The van der Waals surface area contributed by atoms with Crippen LogP contribution < -0.4 is 10.6 Å². The molecule has 8 heteroatoms. The molecule has 0 saturated carbocycles. The van der Waals surface area contributed by atoms with E-state index in [0.29, 0.717) is 9.88 Å². The van der Waals surface area contributed by atoms with Crippen molar-refractivity contribution in [1.29, 1.82) is 5.26 Å². The summed E-state index contributed by atoms with van der Waals surface area (Å²) < 4.78 is 4.59. The third kappa shape index (κ3) is 4.77. The van der Waals surface area contributed by atoms with E-state index in [0.717, 1.165) is 11.3 Å². The number of nitrogens with one attached hydrogen (secondary N) is 2. The van der Waals surface area contributed by atoms with Gasteiger partial charge in [0.2, 0.25) is 0 Å². The van der Waals surface area contributed by atoms with Gasteiger partial charge in [0.05, 0.1) is 11.6 Å². The number of nitrogens with zero attached hydrogens (tertiary/aromatic N) is 1. The minimum absolute atomic E-state index is 0.201. The lowest BCUT2D eigenvalue weighted by atomic mass is 10.5. The number of rotatable bonds is 4. The van der Waals surface area contributed by atoms with Crippen LogP contribution in [0.2, 0.25) is 0 Å². The van der Waals surface area contributed by atoms with Crippen LogP contribution in [0.1, 0.15) is 11.8 Å². The second kappa shape index (κ2) is 7.13. The second-order valence-electron chi connectivity index (χ2n) is 3.22. The third-order valence-electron chi connectivity index (χ3n) is 1.86. The Morgan fingerprint density at radius 2 is 2.11 bits per heavy atom. The molecule has 0 atom stereocenters. The molecule has 0 aliphatic rings. The quantitative estimate of drug-likeness (QED) is 0.607. The SMILES string of the molecule is CCOC(=O)CNC(=O)C(=O)Nc1ccc(C#N)s1. The molecule has 0 aromatic carbocycles. The maximum Gasteiger partial charge on any atom is 0.325 e. The van der Waals surface area contributed by atoms with Crippen molar-refractivity contribution in [1.82, 2.24) is 5.32 Å². The molecule has 0 aliphatic heterocycles. The highest BCUT2D eigenvalue weighted by Crippen LogP contribution is 2.20. The summed E-state index contributed by atoms with van der Waals surface area (Å²) in [5, 5.41) is 13.4. The van der Waals surface area contributed by atoms with E-state index in [9.17, 15) is 14.4 Å². The van der Waals surface area contributed by atoms with Crippen LogP contribution in [0, 0.1) is 11.3 Å². The third-order valence-corrected chi connectivity index (χ3v) is 2.76. The van der Waals surface area contributed by atoms with Crippen LogP contribution in [-0.2, 0) is 19.1 Å². The van der Waals surface area contributed by atoms with Crippen molar-refractivity contribution in [3.8, 4) is 6.07 Å². The van der Waals surface area contributed by atoms with E-state index in [1.807, 2.05) is 6.07 Å². The molecule has 1 aromatic heterocycles. The summed E-state index contributed by atoms with van der Waals surface area (Å²) in [4.78, 5) is 34.2. The highest BCUT2D eigenvalue weighted by Gasteiger charge is 2.15. The molecule has 0 saturated heterocycles. The predicted octanol–water partition coefficient (Wildman–Crippen LogP) is 0.238. The van der Waals surface area contributed by atoms with Gasteiger partial charge in [-0.3, -0.25) is 14.4 Å². The van der Waals surface area contributed by atoms with Gasteiger partial charge in [0.25, 0.3) is 0 Å². The first-order valence-electron chi connectivity index (χ1n) is 5.31. The van der Waals surface area contributed by atoms with Crippen molar-refractivity contribution in [3.05, 3.63) is 17.0 Å². The average Bonchev–Trinajstić information content (AvgIpc) is 2.83. The van der Waals surface area contributed by atoms with Crippen LogP contribution in [0.3, 0.4) is 0 Å². The second-order valence-corrected chi connectivity index (χ2v) is 4.30. The number of carbonyl (C=O) groups excluding carboxylic acids is 3. The number of hydrogen-bond donors (Lipinski definition) is 2. The van der Waals surface area contributed by atoms with E-state index >= 15 is 0 Å². The number of thiophene rings is 1. The van der Waals surface area contributed by atoms with Gasteiger partial charge in [-0.2, -0.15) is 5.26 Å². The Hall–Kier alpha value is -2.40. The fraction of sp³-hybridized carbons (Fsp3) is 0.273. The number of carbonyl (C=O) groups is 3. The van der Waals surface area contributed by atoms with Crippen molar-refractivity contribution in [2.45, 2.75) is 6.92 Å². The zero-order valence-electron chi connectivity index (χ0n) is 10.1. The summed E-state index contributed by atoms with van der Waals surface area (Å²) >= 11 is 1.05. The summed E-state index contributed by atoms with van der Waals surface area (Å²) in [7, 11) is 0. The van der Waals surface area contributed by atoms with Crippen LogP contribution in [0.15, 0.2) is 12.1 Å². The normalized spacial score (nSPS) is 9.26. The summed E-state index contributed by atoms with van der Waals surface area (Å²) in [6, 6.07) is 4.95. The highest BCUT2D eigenvalue weighted by molar-refractivity contribution is 7.16. The Labute approximate surface area is 113 Å². The lowest BCUT2D eigenvalue weighted by Crippen LogP contribution is -2.38. The fourth-order valence-corrected chi connectivity index (χ4v) is 1.78. The first kappa shape index (κ1) is 14.7. The van der Waals surface area contributed by atoms with Gasteiger partial charge < -0.3 is 15.4 Å². The molecule has 1 heterocycles. The molecule has 0 radical (unpaired) electrons. The number of ether oxygens (including phenoxy) is 1. The molecule has 2 N–H and O–H groups in total. The largest absolute Gasteiger partial charge is 0.465 e. The maximum absolute atomic E-state index is 11.4. The first-order chi connectivity index (χ1) is 9.06. The zero-order valence-corrected chi connectivity index (χ0v) is 10.9. The molecule has 19 heavy (non-hydrogen) atoms. The molecule has 0 unspecified atom stereocenters. The molecule has 0 spiro atoms. The van der Waals surface area contributed by atoms with Crippen LogP contribution in [0.25, 0.3) is 0 Å². The van der Waals surface area contributed by atoms with Crippen molar-refractivity contribution in [3.63, 3.8) is 0 Å². The van der Waals surface area contributed by atoms with E-state index in [4.69, 9.17) is 5.26 Å². The summed E-state index contributed by atoms with van der Waals surface area (Å²) in [6.07, 6.45) is 0. The Bertz CT molecular complexity index is 532. The van der Waals surface area contributed by atoms with Crippen LogP contribution in [0.4, 0.5) is 5.00 Å². The Kier molecular flexibility index (Phi) is 5.50. The number of hydrogen-bond acceptors (Lipinski definition) is 6. The van der Waals surface area contributed by atoms with Gasteiger partial charge in [0.15, 0.2) is 0 Å².